The lowest BCUT2D eigenvalue weighted by Gasteiger charge is -2.31. The van der Waals surface area contributed by atoms with Crippen molar-refractivity contribution < 1.29 is 14.7 Å². The molecule has 0 saturated heterocycles. The summed E-state index contributed by atoms with van der Waals surface area (Å²) in [5.74, 6) is -0.754. The van der Waals surface area contributed by atoms with Gasteiger partial charge < -0.3 is 15.7 Å². The first kappa shape index (κ1) is 24.6. The minimum absolute atomic E-state index is 0.0328. The van der Waals surface area contributed by atoms with Gasteiger partial charge in [-0.2, -0.15) is 5.10 Å². The number of rotatable bonds is 9. The van der Waals surface area contributed by atoms with E-state index in [0.717, 1.165) is 40.8 Å². The Labute approximate surface area is 216 Å². The highest BCUT2D eigenvalue weighted by Gasteiger charge is 2.29. The molecule has 0 bridgehead atoms. The number of aliphatic carboxylic acids is 1. The van der Waals surface area contributed by atoms with E-state index in [1.165, 1.54) is 19.3 Å². The first-order valence-corrected chi connectivity index (χ1v) is 13.0. The van der Waals surface area contributed by atoms with Crippen LogP contribution in [0.15, 0.2) is 78.9 Å². The van der Waals surface area contributed by atoms with E-state index < -0.39 is 5.97 Å². The minimum atomic E-state index is -0.934. The van der Waals surface area contributed by atoms with E-state index in [9.17, 15) is 9.59 Å². The van der Waals surface area contributed by atoms with Gasteiger partial charge in [-0.3, -0.25) is 9.59 Å². The predicted molar refractivity (Wildman–Crippen MR) is 145 cm³/mol. The van der Waals surface area contributed by atoms with Crippen LogP contribution in [0.2, 0.25) is 0 Å². The fourth-order valence-electron chi connectivity index (χ4n) is 5.25. The molecular weight excluding hydrogens is 464 g/mol. The van der Waals surface area contributed by atoms with Crippen molar-refractivity contribution in [2.24, 2.45) is 5.92 Å². The summed E-state index contributed by atoms with van der Waals surface area (Å²) in [6.45, 7) is 0.106. The number of nitrogens with zero attached hydrogens (tertiary/aromatic N) is 2. The van der Waals surface area contributed by atoms with Crippen LogP contribution in [0.3, 0.4) is 0 Å². The molecule has 190 valence electrons. The Morgan fingerprint density at radius 2 is 1.62 bits per heavy atom. The monoisotopic (exact) mass is 496 g/mol. The van der Waals surface area contributed by atoms with Gasteiger partial charge in [-0.1, -0.05) is 55.7 Å². The Morgan fingerprint density at radius 1 is 0.919 bits per heavy atom. The van der Waals surface area contributed by atoms with E-state index >= 15 is 0 Å². The topological polar surface area (TPSA) is 96.2 Å². The summed E-state index contributed by atoms with van der Waals surface area (Å²) in [5.41, 5.74) is 4.59. The van der Waals surface area contributed by atoms with Crippen molar-refractivity contribution >= 4 is 28.5 Å². The maximum Gasteiger partial charge on any atom is 0.305 e. The van der Waals surface area contributed by atoms with Crippen LogP contribution >= 0.6 is 0 Å². The maximum atomic E-state index is 12.4. The predicted octanol–water partition coefficient (Wildman–Crippen LogP) is 5.96. The molecule has 1 atom stereocenters. The minimum Gasteiger partial charge on any atom is -0.481 e. The molecular formula is C30H32N4O3. The first-order chi connectivity index (χ1) is 18.1. The van der Waals surface area contributed by atoms with Gasteiger partial charge in [0.25, 0.3) is 5.91 Å². The van der Waals surface area contributed by atoms with Gasteiger partial charge in [0.2, 0.25) is 0 Å². The fraction of sp³-hybridized carbons (Fsp3) is 0.300. The number of carbonyl (C=O) groups excluding carboxylic acids is 1. The number of anilines is 1. The molecule has 0 spiro atoms. The third kappa shape index (κ3) is 5.66. The number of aromatic nitrogens is 2. The normalized spacial score (nSPS) is 14.8. The number of carboxylic acid groups (broad SMARTS) is 1. The molecule has 4 aromatic rings. The maximum absolute atomic E-state index is 12.4. The summed E-state index contributed by atoms with van der Waals surface area (Å²) in [5, 5.41) is 21.5. The van der Waals surface area contributed by atoms with Crippen LogP contribution in [0.1, 0.15) is 60.6 Å². The summed E-state index contributed by atoms with van der Waals surface area (Å²) in [6, 6.07) is 26.0. The molecule has 37 heavy (non-hydrogen) atoms. The molecule has 1 amide bonds. The van der Waals surface area contributed by atoms with Crippen LogP contribution in [-0.4, -0.2) is 33.3 Å². The van der Waals surface area contributed by atoms with Gasteiger partial charge in [-0.15, -0.1) is 0 Å². The van der Waals surface area contributed by atoms with Gasteiger partial charge in [0.1, 0.15) is 0 Å². The average molecular weight is 497 g/mol. The number of hydrogen-bond donors (Lipinski definition) is 3. The van der Waals surface area contributed by atoms with Crippen molar-refractivity contribution in [1.82, 2.24) is 15.1 Å². The Kier molecular flexibility index (Phi) is 7.49. The Hall–Kier alpha value is -4.13. The Bertz CT molecular complexity index is 1360. The summed E-state index contributed by atoms with van der Waals surface area (Å²) in [6.07, 6.45) is 5.90. The molecule has 1 aliphatic carbocycles. The molecule has 3 aromatic carbocycles. The van der Waals surface area contributed by atoms with E-state index in [4.69, 9.17) is 10.2 Å². The molecule has 1 aromatic heterocycles. The number of benzene rings is 3. The highest BCUT2D eigenvalue weighted by molar-refractivity contribution is 5.94. The van der Waals surface area contributed by atoms with E-state index in [1.54, 1.807) is 12.1 Å². The van der Waals surface area contributed by atoms with E-state index in [0.29, 0.717) is 11.5 Å². The lowest BCUT2D eigenvalue weighted by molar-refractivity contribution is -0.136. The van der Waals surface area contributed by atoms with Crippen molar-refractivity contribution in [3.05, 3.63) is 90.1 Å². The van der Waals surface area contributed by atoms with Crippen LogP contribution in [0.4, 0.5) is 5.69 Å². The molecule has 0 aliphatic heterocycles. The number of amides is 1. The third-order valence-electron chi connectivity index (χ3n) is 7.13. The van der Waals surface area contributed by atoms with E-state index in [1.807, 2.05) is 35.0 Å². The Morgan fingerprint density at radius 3 is 2.35 bits per heavy atom. The van der Waals surface area contributed by atoms with Gasteiger partial charge in [-0.05, 0) is 61.2 Å². The zero-order valence-corrected chi connectivity index (χ0v) is 20.8. The van der Waals surface area contributed by atoms with Gasteiger partial charge in [0.05, 0.1) is 29.4 Å². The lowest BCUT2D eigenvalue weighted by atomic mass is 9.82. The second kappa shape index (κ2) is 11.3. The third-order valence-corrected chi connectivity index (χ3v) is 7.13. The highest BCUT2D eigenvalue weighted by Crippen LogP contribution is 2.39. The second-order valence-corrected chi connectivity index (χ2v) is 9.65. The van der Waals surface area contributed by atoms with Gasteiger partial charge in [-0.25, -0.2) is 4.68 Å². The van der Waals surface area contributed by atoms with Crippen LogP contribution < -0.4 is 10.6 Å². The van der Waals surface area contributed by atoms with Crippen molar-refractivity contribution in [1.29, 1.82) is 0 Å². The number of carbonyl (C=O) groups is 2. The standard InChI is InChI=1S/C30H32N4O3/c35-27(36)19-20-31-30(37)22-15-17-23(18-16-22)32-28(21-9-3-1-4-10-21)29-25-13-7-8-14-26(25)34(33-29)24-11-5-2-6-12-24/h2,5-8,11-18,21,28,32H,1,3-4,9-10,19-20H2,(H,31,37)(H,35,36). The van der Waals surface area contributed by atoms with Crippen molar-refractivity contribution in [2.75, 3.05) is 11.9 Å². The summed E-state index contributed by atoms with van der Waals surface area (Å²) < 4.78 is 2.03. The molecule has 3 N–H and O–H groups in total. The second-order valence-electron chi connectivity index (χ2n) is 9.65. The zero-order valence-electron chi connectivity index (χ0n) is 20.8. The average Bonchev–Trinajstić information content (AvgIpc) is 3.32. The van der Waals surface area contributed by atoms with Crippen LogP contribution in [0.25, 0.3) is 16.6 Å². The SMILES string of the molecule is O=C(O)CCNC(=O)c1ccc(NC(c2nn(-c3ccccc3)c3ccccc23)C2CCCCC2)cc1. The van der Waals surface area contributed by atoms with Gasteiger partial charge in [0, 0.05) is 23.2 Å². The zero-order chi connectivity index (χ0) is 25.6. The number of fused-ring (bicyclic) bond motifs is 1. The van der Waals surface area contributed by atoms with E-state index in [-0.39, 0.29) is 24.9 Å². The lowest BCUT2D eigenvalue weighted by Crippen LogP contribution is -2.26. The molecule has 1 saturated carbocycles. The molecule has 7 nitrogen and oxygen atoms in total. The number of hydrogen-bond acceptors (Lipinski definition) is 4. The number of nitrogens with one attached hydrogen (secondary N) is 2. The van der Waals surface area contributed by atoms with Crippen LogP contribution in [0.5, 0.6) is 0 Å². The smallest absolute Gasteiger partial charge is 0.305 e. The van der Waals surface area contributed by atoms with Gasteiger partial charge >= 0.3 is 5.97 Å². The first-order valence-electron chi connectivity index (χ1n) is 13.0. The molecule has 0 radical (unpaired) electrons. The van der Waals surface area contributed by atoms with Crippen LogP contribution in [0, 0.1) is 5.92 Å². The summed E-state index contributed by atoms with van der Waals surface area (Å²) in [7, 11) is 0. The number of para-hydroxylation sites is 2. The summed E-state index contributed by atoms with van der Waals surface area (Å²) >= 11 is 0. The number of carboxylic acids is 1. The summed E-state index contributed by atoms with van der Waals surface area (Å²) in [4.78, 5) is 23.1. The van der Waals surface area contributed by atoms with Gasteiger partial charge in [0.15, 0.2) is 0 Å². The highest BCUT2D eigenvalue weighted by atomic mass is 16.4. The quantitative estimate of drug-likeness (QED) is 0.266. The largest absolute Gasteiger partial charge is 0.481 e. The Balaban J connectivity index is 1.45. The molecule has 1 unspecified atom stereocenters. The molecule has 7 heteroatoms. The van der Waals surface area contributed by atoms with Crippen molar-refractivity contribution in [3.63, 3.8) is 0 Å². The van der Waals surface area contributed by atoms with E-state index in [2.05, 4.69) is 47.0 Å². The van der Waals surface area contributed by atoms with Crippen LogP contribution in [-0.2, 0) is 4.79 Å². The fourth-order valence-corrected chi connectivity index (χ4v) is 5.25. The molecule has 1 heterocycles. The molecule has 1 fully saturated rings. The molecule has 5 rings (SSSR count). The van der Waals surface area contributed by atoms with Crippen molar-refractivity contribution in [2.45, 2.75) is 44.6 Å². The van der Waals surface area contributed by atoms with Crippen molar-refractivity contribution in [3.8, 4) is 5.69 Å². The molecule has 1 aliphatic rings.